The lowest BCUT2D eigenvalue weighted by molar-refractivity contribution is 0.228. The summed E-state index contributed by atoms with van der Waals surface area (Å²) in [5, 5.41) is 3.93. The number of hydrogen-bond acceptors (Lipinski definition) is 6. The molecule has 21 heavy (non-hydrogen) atoms. The summed E-state index contributed by atoms with van der Waals surface area (Å²) in [5.41, 5.74) is 1.18. The Bertz CT molecular complexity index is 549. The van der Waals surface area contributed by atoms with Crippen molar-refractivity contribution < 1.29 is 4.52 Å². The van der Waals surface area contributed by atoms with Crippen molar-refractivity contribution >= 4 is 5.82 Å². The van der Waals surface area contributed by atoms with Crippen molar-refractivity contribution in [2.75, 3.05) is 25.5 Å². The van der Waals surface area contributed by atoms with Crippen LogP contribution in [0, 0.1) is 0 Å². The fourth-order valence-electron chi connectivity index (χ4n) is 2.00. The highest BCUT2D eigenvalue weighted by Gasteiger charge is 2.11. The number of pyridine rings is 1. The minimum absolute atomic E-state index is 0.666. The van der Waals surface area contributed by atoms with E-state index in [4.69, 9.17) is 4.52 Å². The Balaban J connectivity index is 1.98. The second kappa shape index (κ2) is 7.17. The quantitative estimate of drug-likeness (QED) is 0.778. The van der Waals surface area contributed by atoms with Crippen molar-refractivity contribution in [1.82, 2.24) is 20.0 Å². The highest BCUT2D eigenvalue weighted by atomic mass is 16.5. The van der Waals surface area contributed by atoms with Crippen LogP contribution < -0.4 is 4.90 Å². The van der Waals surface area contributed by atoms with Gasteiger partial charge in [0.1, 0.15) is 5.82 Å². The predicted octanol–water partition coefficient (Wildman–Crippen LogP) is 2.12. The van der Waals surface area contributed by atoms with E-state index in [1.807, 2.05) is 38.2 Å². The molecule has 0 N–H and O–H groups in total. The molecule has 6 heteroatoms. The van der Waals surface area contributed by atoms with Crippen LogP contribution in [-0.2, 0) is 19.5 Å². The standard InChI is InChI=1S/C15H23N5O/c1-5-13-17-15(21-18-13)11-20(6-2)10-12-7-8-14(16-9-12)19(3)4/h7-9H,5-6,10-11H2,1-4H3. The molecule has 2 aromatic rings. The van der Waals surface area contributed by atoms with E-state index in [-0.39, 0.29) is 0 Å². The highest BCUT2D eigenvalue weighted by molar-refractivity contribution is 5.37. The Morgan fingerprint density at radius 3 is 2.48 bits per heavy atom. The van der Waals surface area contributed by atoms with Crippen molar-refractivity contribution in [2.45, 2.75) is 33.4 Å². The van der Waals surface area contributed by atoms with Crippen LogP contribution in [0.15, 0.2) is 22.9 Å². The molecule has 0 bridgehead atoms. The number of nitrogens with zero attached hydrogens (tertiary/aromatic N) is 5. The molecule has 0 unspecified atom stereocenters. The first kappa shape index (κ1) is 15.4. The molecule has 0 atom stereocenters. The molecule has 6 nitrogen and oxygen atoms in total. The number of aryl methyl sites for hydroxylation is 1. The van der Waals surface area contributed by atoms with Gasteiger partial charge in [-0.3, -0.25) is 4.90 Å². The van der Waals surface area contributed by atoms with E-state index in [2.05, 4.69) is 33.0 Å². The van der Waals surface area contributed by atoms with Gasteiger partial charge in [0.2, 0.25) is 5.89 Å². The molecule has 0 saturated carbocycles. The minimum atomic E-state index is 0.666. The smallest absolute Gasteiger partial charge is 0.240 e. The van der Waals surface area contributed by atoms with Gasteiger partial charge in [0.15, 0.2) is 5.82 Å². The van der Waals surface area contributed by atoms with E-state index >= 15 is 0 Å². The summed E-state index contributed by atoms with van der Waals surface area (Å²) in [5.74, 6) is 2.40. The molecule has 0 spiro atoms. The first-order valence-electron chi connectivity index (χ1n) is 7.28. The topological polar surface area (TPSA) is 58.3 Å². The lowest BCUT2D eigenvalue weighted by atomic mass is 10.2. The van der Waals surface area contributed by atoms with E-state index in [1.165, 1.54) is 5.56 Å². The van der Waals surface area contributed by atoms with Gasteiger partial charge in [-0.15, -0.1) is 0 Å². The number of rotatable bonds is 7. The maximum atomic E-state index is 5.25. The summed E-state index contributed by atoms with van der Waals surface area (Å²) in [6.45, 7) is 6.54. The van der Waals surface area contributed by atoms with E-state index in [1.54, 1.807) is 0 Å². The molecule has 114 valence electrons. The van der Waals surface area contributed by atoms with Gasteiger partial charge < -0.3 is 9.42 Å². The third kappa shape index (κ3) is 4.26. The van der Waals surface area contributed by atoms with Gasteiger partial charge in [0, 0.05) is 33.3 Å². The Labute approximate surface area is 125 Å². The van der Waals surface area contributed by atoms with Crippen LogP contribution in [-0.4, -0.2) is 40.7 Å². The van der Waals surface area contributed by atoms with Gasteiger partial charge in [-0.1, -0.05) is 25.1 Å². The number of anilines is 1. The Morgan fingerprint density at radius 1 is 1.14 bits per heavy atom. The first-order chi connectivity index (χ1) is 10.1. The van der Waals surface area contributed by atoms with E-state index < -0.39 is 0 Å². The van der Waals surface area contributed by atoms with Crippen molar-refractivity contribution in [1.29, 1.82) is 0 Å². The summed E-state index contributed by atoms with van der Waals surface area (Å²) in [6, 6.07) is 4.14. The molecule has 2 rings (SSSR count). The number of aromatic nitrogens is 3. The summed E-state index contributed by atoms with van der Waals surface area (Å²) < 4.78 is 5.25. The molecule has 0 amide bonds. The molecule has 2 aromatic heterocycles. The molecule has 0 aliphatic rings. The molecular formula is C15H23N5O. The highest BCUT2D eigenvalue weighted by Crippen LogP contribution is 2.11. The van der Waals surface area contributed by atoms with Crippen molar-refractivity contribution in [3.05, 3.63) is 35.6 Å². The van der Waals surface area contributed by atoms with Gasteiger partial charge in [-0.25, -0.2) is 4.98 Å². The second-order valence-electron chi connectivity index (χ2n) is 5.18. The average Bonchev–Trinajstić information content (AvgIpc) is 2.94. The molecule has 0 aliphatic heterocycles. The SMILES string of the molecule is CCc1noc(CN(CC)Cc2ccc(N(C)C)nc2)n1. The molecule has 0 saturated heterocycles. The molecule has 0 aromatic carbocycles. The van der Waals surface area contributed by atoms with E-state index in [9.17, 15) is 0 Å². The van der Waals surface area contributed by atoms with E-state index in [0.717, 1.165) is 31.2 Å². The summed E-state index contributed by atoms with van der Waals surface area (Å²) >= 11 is 0. The number of hydrogen-bond donors (Lipinski definition) is 0. The third-order valence-corrected chi connectivity index (χ3v) is 3.31. The van der Waals surface area contributed by atoms with Gasteiger partial charge in [0.25, 0.3) is 0 Å². The largest absolute Gasteiger partial charge is 0.363 e. The monoisotopic (exact) mass is 289 g/mol. The van der Waals surface area contributed by atoms with Crippen molar-refractivity contribution in [2.24, 2.45) is 0 Å². The summed E-state index contributed by atoms with van der Waals surface area (Å²) in [6.07, 6.45) is 2.72. The molecule has 2 heterocycles. The molecule has 0 aliphatic carbocycles. The predicted molar refractivity (Wildman–Crippen MR) is 82.0 cm³/mol. The van der Waals surface area contributed by atoms with Crippen LogP contribution in [0.1, 0.15) is 31.1 Å². The van der Waals surface area contributed by atoms with Crippen LogP contribution >= 0.6 is 0 Å². The summed E-state index contributed by atoms with van der Waals surface area (Å²) in [7, 11) is 3.97. The zero-order chi connectivity index (χ0) is 15.2. The van der Waals surface area contributed by atoms with Crippen molar-refractivity contribution in [3.8, 4) is 0 Å². The lowest BCUT2D eigenvalue weighted by Crippen LogP contribution is -2.22. The van der Waals surface area contributed by atoms with Gasteiger partial charge in [0.05, 0.1) is 6.54 Å². The lowest BCUT2D eigenvalue weighted by Gasteiger charge is -2.18. The maximum Gasteiger partial charge on any atom is 0.240 e. The minimum Gasteiger partial charge on any atom is -0.363 e. The Morgan fingerprint density at radius 2 is 1.95 bits per heavy atom. The third-order valence-electron chi connectivity index (χ3n) is 3.31. The van der Waals surface area contributed by atoms with Crippen LogP contribution in [0.5, 0.6) is 0 Å². The zero-order valence-electron chi connectivity index (χ0n) is 13.2. The maximum absolute atomic E-state index is 5.25. The van der Waals surface area contributed by atoms with Crippen LogP contribution in [0.25, 0.3) is 0 Å². The molecular weight excluding hydrogens is 266 g/mol. The average molecular weight is 289 g/mol. The summed E-state index contributed by atoms with van der Waals surface area (Å²) in [4.78, 5) is 13.0. The first-order valence-corrected chi connectivity index (χ1v) is 7.28. The van der Waals surface area contributed by atoms with Crippen molar-refractivity contribution in [3.63, 3.8) is 0 Å². The Kier molecular flexibility index (Phi) is 5.27. The van der Waals surface area contributed by atoms with Gasteiger partial charge >= 0.3 is 0 Å². The Hall–Kier alpha value is -1.95. The van der Waals surface area contributed by atoms with Crippen LogP contribution in [0.4, 0.5) is 5.82 Å². The normalized spacial score (nSPS) is 11.1. The van der Waals surface area contributed by atoms with Gasteiger partial charge in [-0.05, 0) is 18.2 Å². The van der Waals surface area contributed by atoms with Gasteiger partial charge in [-0.2, -0.15) is 4.98 Å². The molecule has 0 fully saturated rings. The molecule has 0 radical (unpaired) electrons. The fraction of sp³-hybridized carbons (Fsp3) is 0.533. The zero-order valence-corrected chi connectivity index (χ0v) is 13.2. The van der Waals surface area contributed by atoms with Crippen LogP contribution in [0.2, 0.25) is 0 Å². The fourth-order valence-corrected chi connectivity index (χ4v) is 2.00. The van der Waals surface area contributed by atoms with E-state index in [0.29, 0.717) is 12.4 Å². The second-order valence-corrected chi connectivity index (χ2v) is 5.18. The van der Waals surface area contributed by atoms with Crippen LogP contribution in [0.3, 0.4) is 0 Å².